The molecule has 0 unspecified atom stereocenters. The van der Waals surface area contributed by atoms with Gasteiger partial charge in [-0.3, -0.25) is 0 Å². The van der Waals surface area contributed by atoms with Crippen molar-refractivity contribution in [1.29, 1.82) is 0 Å². The van der Waals surface area contributed by atoms with Crippen molar-refractivity contribution in [1.82, 2.24) is 4.72 Å². The highest BCUT2D eigenvalue weighted by Gasteiger charge is 2.25. The molecule has 1 aliphatic rings. The lowest BCUT2D eigenvalue weighted by molar-refractivity contribution is 0.0832. The number of halogens is 1. The Morgan fingerprint density at radius 1 is 1.50 bits per heavy atom. The van der Waals surface area contributed by atoms with Crippen molar-refractivity contribution in [3.63, 3.8) is 0 Å². The largest absolute Gasteiger partial charge is 0.391 e. The van der Waals surface area contributed by atoms with Gasteiger partial charge in [-0.25, -0.2) is 13.1 Å². The number of aliphatic hydroxyl groups excluding tert-OH is 1. The van der Waals surface area contributed by atoms with E-state index >= 15 is 0 Å². The van der Waals surface area contributed by atoms with Gasteiger partial charge in [0.05, 0.1) is 10.4 Å². The number of aliphatic hydroxyl groups is 1. The summed E-state index contributed by atoms with van der Waals surface area (Å²) in [6.45, 7) is 1.01. The molecule has 0 saturated carbocycles. The Morgan fingerprint density at radius 2 is 2.17 bits per heavy atom. The van der Waals surface area contributed by atoms with Gasteiger partial charge in [-0.15, -0.1) is 11.3 Å². The van der Waals surface area contributed by atoms with Crippen LogP contribution in [0.1, 0.15) is 17.7 Å². The second-order valence-electron chi connectivity index (χ2n) is 4.02. The molecule has 1 fully saturated rings. The smallest absolute Gasteiger partial charge is 0.242 e. The third-order valence-corrected chi connectivity index (χ3v) is 6.45. The van der Waals surface area contributed by atoms with Crippen LogP contribution in [-0.2, 0) is 21.4 Å². The number of rotatable bonds is 4. The first kappa shape index (κ1) is 14.4. The van der Waals surface area contributed by atoms with Gasteiger partial charge in [0, 0.05) is 24.1 Å². The molecule has 0 atom stereocenters. The van der Waals surface area contributed by atoms with Gasteiger partial charge in [0.1, 0.15) is 4.90 Å². The zero-order chi connectivity index (χ0) is 13.2. The van der Waals surface area contributed by atoms with Crippen molar-refractivity contribution in [3.05, 3.63) is 14.7 Å². The number of sulfonamides is 1. The molecule has 102 valence electrons. The fraction of sp³-hybridized carbons (Fsp3) is 0.600. The minimum atomic E-state index is -3.53. The van der Waals surface area contributed by atoms with Crippen LogP contribution in [-0.4, -0.2) is 32.8 Å². The Morgan fingerprint density at radius 3 is 2.72 bits per heavy atom. The predicted molar refractivity (Wildman–Crippen MR) is 72.1 cm³/mol. The number of ether oxygens (including phenoxy) is 1. The van der Waals surface area contributed by atoms with E-state index in [1.54, 1.807) is 0 Å². The Bertz CT molecular complexity index is 508. The molecule has 0 amide bonds. The molecule has 0 bridgehead atoms. The Kier molecular flexibility index (Phi) is 4.79. The molecule has 0 aromatic carbocycles. The zero-order valence-corrected chi connectivity index (χ0v) is 12.8. The molecule has 1 aromatic heterocycles. The molecule has 1 aromatic rings. The lowest BCUT2D eigenvalue weighted by Gasteiger charge is -2.22. The van der Waals surface area contributed by atoms with Crippen LogP contribution in [0.2, 0.25) is 0 Å². The van der Waals surface area contributed by atoms with Crippen LogP contribution in [0.5, 0.6) is 0 Å². The summed E-state index contributed by atoms with van der Waals surface area (Å²) in [4.78, 5) is 0.817. The summed E-state index contributed by atoms with van der Waals surface area (Å²) in [5.74, 6) is 0. The number of hydrogen-bond donors (Lipinski definition) is 2. The van der Waals surface area contributed by atoms with Crippen LogP contribution in [0, 0.1) is 0 Å². The highest BCUT2D eigenvalue weighted by Crippen LogP contribution is 2.32. The van der Waals surface area contributed by atoms with Gasteiger partial charge in [0.25, 0.3) is 0 Å². The molecule has 2 heterocycles. The maximum atomic E-state index is 12.2. The maximum Gasteiger partial charge on any atom is 0.242 e. The van der Waals surface area contributed by atoms with E-state index in [0.29, 0.717) is 34.7 Å². The summed E-state index contributed by atoms with van der Waals surface area (Å²) in [6.07, 6.45) is 1.38. The van der Waals surface area contributed by atoms with Gasteiger partial charge >= 0.3 is 0 Å². The Labute approximate surface area is 118 Å². The third kappa shape index (κ3) is 3.31. The summed E-state index contributed by atoms with van der Waals surface area (Å²) in [7, 11) is -3.53. The Balaban J connectivity index is 2.16. The van der Waals surface area contributed by atoms with Gasteiger partial charge in [0.15, 0.2) is 0 Å². The first-order valence-electron chi connectivity index (χ1n) is 5.52. The van der Waals surface area contributed by atoms with E-state index in [-0.39, 0.29) is 17.5 Å². The van der Waals surface area contributed by atoms with Crippen LogP contribution in [0.15, 0.2) is 14.7 Å². The molecule has 8 heteroatoms. The third-order valence-electron chi connectivity index (χ3n) is 2.69. The van der Waals surface area contributed by atoms with E-state index in [2.05, 4.69) is 20.7 Å². The van der Waals surface area contributed by atoms with Crippen LogP contribution < -0.4 is 4.72 Å². The molecule has 18 heavy (non-hydrogen) atoms. The van der Waals surface area contributed by atoms with Gasteiger partial charge in [-0.05, 0) is 34.8 Å². The van der Waals surface area contributed by atoms with E-state index in [4.69, 9.17) is 9.84 Å². The first-order chi connectivity index (χ1) is 8.53. The molecule has 1 saturated heterocycles. The molecule has 0 aliphatic carbocycles. The topological polar surface area (TPSA) is 75.6 Å². The van der Waals surface area contributed by atoms with Crippen LogP contribution >= 0.6 is 27.3 Å². The van der Waals surface area contributed by atoms with Crippen molar-refractivity contribution in [2.45, 2.75) is 30.4 Å². The summed E-state index contributed by atoms with van der Waals surface area (Å²) >= 11 is 4.45. The highest BCUT2D eigenvalue weighted by molar-refractivity contribution is 9.11. The minimum absolute atomic E-state index is 0.0758. The molecule has 2 N–H and O–H groups in total. The second-order valence-corrected chi connectivity index (χ2v) is 8.15. The van der Waals surface area contributed by atoms with E-state index in [1.165, 1.54) is 17.4 Å². The average molecular weight is 356 g/mol. The van der Waals surface area contributed by atoms with Crippen molar-refractivity contribution < 1.29 is 18.3 Å². The minimum Gasteiger partial charge on any atom is -0.391 e. The fourth-order valence-corrected chi connectivity index (χ4v) is 5.60. The summed E-state index contributed by atoms with van der Waals surface area (Å²) < 4.78 is 32.8. The van der Waals surface area contributed by atoms with E-state index in [9.17, 15) is 8.42 Å². The fourth-order valence-electron chi connectivity index (χ4n) is 1.76. The first-order valence-corrected chi connectivity index (χ1v) is 8.61. The number of thiophene rings is 1. The highest BCUT2D eigenvalue weighted by atomic mass is 79.9. The SMILES string of the molecule is O=S(=O)(NC1CCOCC1)c1cc(CO)sc1Br. The van der Waals surface area contributed by atoms with Crippen molar-refractivity contribution in [2.75, 3.05) is 13.2 Å². The average Bonchev–Trinajstić information content (AvgIpc) is 2.72. The van der Waals surface area contributed by atoms with Crippen LogP contribution in [0.4, 0.5) is 0 Å². The molecular weight excluding hydrogens is 342 g/mol. The van der Waals surface area contributed by atoms with Gasteiger partial charge in [-0.2, -0.15) is 0 Å². The predicted octanol–water partition coefficient (Wildman–Crippen LogP) is 1.46. The number of hydrogen-bond acceptors (Lipinski definition) is 5. The van der Waals surface area contributed by atoms with Crippen molar-refractivity contribution in [3.8, 4) is 0 Å². The van der Waals surface area contributed by atoms with Gasteiger partial charge in [0.2, 0.25) is 10.0 Å². The quantitative estimate of drug-likeness (QED) is 0.857. The number of nitrogens with one attached hydrogen (secondary N) is 1. The van der Waals surface area contributed by atoms with E-state index in [1.807, 2.05) is 0 Å². The molecular formula is C10H14BrNO4S2. The lowest BCUT2D eigenvalue weighted by Crippen LogP contribution is -2.38. The summed E-state index contributed by atoms with van der Waals surface area (Å²) in [5, 5.41) is 9.02. The van der Waals surface area contributed by atoms with Gasteiger partial charge < -0.3 is 9.84 Å². The van der Waals surface area contributed by atoms with Crippen LogP contribution in [0.3, 0.4) is 0 Å². The van der Waals surface area contributed by atoms with Gasteiger partial charge in [-0.1, -0.05) is 0 Å². The van der Waals surface area contributed by atoms with Crippen LogP contribution in [0.25, 0.3) is 0 Å². The molecule has 0 spiro atoms. The molecule has 0 radical (unpaired) electrons. The monoisotopic (exact) mass is 355 g/mol. The second kappa shape index (κ2) is 5.98. The zero-order valence-electron chi connectivity index (χ0n) is 9.56. The van der Waals surface area contributed by atoms with E-state index in [0.717, 1.165) is 0 Å². The summed E-state index contributed by atoms with van der Waals surface area (Å²) in [5.41, 5.74) is 0. The lowest BCUT2D eigenvalue weighted by atomic mass is 10.1. The van der Waals surface area contributed by atoms with Crippen molar-refractivity contribution in [2.24, 2.45) is 0 Å². The Hall–Kier alpha value is 0.01000. The van der Waals surface area contributed by atoms with E-state index < -0.39 is 10.0 Å². The normalized spacial score (nSPS) is 18.1. The maximum absolute atomic E-state index is 12.2. The molecule has 5 nitrogen and oxygen atoms in total. The standard InChI is InChI=1S/C10H14BrNO4S2/c11-10-9(5-8(6-13)17-10)18(14,15)12-7-1-3-16-4-2-7/h5,7,12-13H,1-4,6H2. The molecule has 1 aliphatic heterocycles. The van der Waals surface area contributed by atoms with Crippen molar-refractivity contribution >= 4 is 37.3 Å². The molecule has 2 rings (SSSR count). The summed E-state index contributed by atoms with van der Waals surface area (Å²) in [6, 6.07) is 1.42.